The van der Waals surface area contributed by atoms with Gasteiger partial charge in [0, 0.05) is 31.0 Å². The maximum Gasteiger partial charge on any atom is 0.317 e. The topological polar surface area (TPSA) is 61.4 Å². The average molecular weight is 350 g/mol. The van der Waals surface area contributed by atoms with E-state index in [4.69, 9.17) is 0 Å². The van der Waals surface area contributed by atoms with Crippen molar-refractivity contribution < 1.29 is 9.59 Å². The van der Waals surface area contributed by atoms with E-state index in [0.717, 1.165) is 24.2 Å². The van der Waals surface area contributed by atoms with Crippen LogP contribution in [0.15, 0.2) is 29.2 Å². The van der Waals surface area contributed by atoms with Crippen LogP contribution in [0.1, 0.15) is 45.2 Å². The number of nitrogens with one attached hydrogen (secondary N) is 2. The fourth-order valence-electron chi connectivity index (χ4n) is 2.89. The zero-order valence-corrected chi connectivity index (χ0v) is 15.5. The van der Waals surface area contributed by atoms with Gasteiger partial charge in [-0.1, -0.05) is 19.1 Å². The maximum absolute atomic E-state index is 12.4. The molecule has 0 bridgehead atoms. The minimum absolute atomic E-state index is 0.00351. The molecule has 0 aromatic heterocycles. The van der Waals surface area contributed by atoms with Crippen molar-refractivity contribution in [3.63, 3.8) is 0 Å². The van der Waals surface area contributed by atoms with Gasteiger partial charge in [-0.2, -0.15) is 0 Å². The molecule has 0 radical (unpaired) electrons. The van der Waals surface area contributed by atoms with E-state index >= 15 is 0 Å². The molecule has 0 aliphatic carbocycles. The molecule has 1 saturated heterocycles. The predicted molar refractivity (Wildman–Crippen MR) is 98.2 cm³/mol. The van der Waals surface area contributed by atoms with Crippen molar-refractivity contribution in [1.29, 1.82) is 0 Å². The summed E-state index contributed by atoms with van der Waals surface area (Å²) in [6, 6.07) is 8.49. The van der Waals surface area contributed by atoms with Gasteiger partial charge in [0.25, 0.3) is 0 Å². The van der Waals surface area contributed by atoms with E-state index in [0.29, 0.717) is 13.1 Å². The quantitative estimate of drug-likeness (QED) is 0.803. The molecule has 2 rings (SSSR count). The van der Waals surface area contributed by atoms with Crippen LogP contribution in [0.2, 0.25) is 0 Å². The Morgan fingerprint density at radius 1 is 1.25 bits per heavy atom. The fourth-order valence-corrected chi connectivity index (χ4v) is 3.56. The van der Waals surface area contributed by atoms with E-state index < -0.39 is 0 Å². The van der Waals surface area contributed by atoms with Gasteiger partial charge in [0.05, 0.1) is 6.04 Å². The molecule has 1 aromatic carbocycles. The van der Waals surface area contributed by atoms with Gasteiger partial charge in [-0.25, -0.2) is 4.79 Å². The minimum atomic E-state index is -0.0317. The summed E-state index contributed by atoms with van der Waals surface area (Å²) < 4.78 is 0. The summed E-state index contributed by atoms with van der Waals surface area (Å²) >= 11 is 1.81. The van der Waals surface area contributed by atoms with Crippen LogP contribution in [0.25, 0.3) is 0 Å². The number of likely N-dealkylation sites (tertiary alicyclic amines) is 1. The smallest absolute Gasteiger partial charge is 0.317 e. The summed E-state index contributed by atoms with van der Waals surface area (Å²) in [6.45, 7) is 7.02. The first-order chi connectivity index (χ1) is 11.5. The number of nitrogens with zero attached hydrogens (tertiary/aromatic N) is 1. The Kier molecular flexibility index (Phi) is 6.97. The van der Waals surface area contributed by atoms with E-state index in [9.17, 15) is 9.59 Å². The molecule has 24 heavy (non-hydrogen) atoms. The third-order valence-corrected chi connectivity index (χ3v) is 5.11. The summed E-state index contributed by atoms with van der Waals surface area (Å²) in [5.41, 5.74) is 1.11. The van der Waals surface area contributed by atoms with Gasteiger partial charge in [-0.15, -0.1) is 11.8 Å². The van der Waals surface area contributed by atoms with Crippen LogP contribution in [0.3, 0.4) is 0 Å². The molecule has 132 valence electrons. The standard InChI is InChI=1S/C18H27N3O2S/c1-4-24-17-7-5-15(6-8-17)13(2)19-18(23)21-11-9-16(10-12-21)20-14(3)22/h5-8,13,16H,4,9-12H2,1-3H3,(H,19,23)(H,20,22)/t13-/m0/s1. The number of carbonyl (C=O) groups excluding carboxylic acids is 2. The van der Waals surface area contributed by atoms with Crippen molar-refractivity contribution in [3.8, 4) is 0 Å². The van der Waals surface area contributed by atoms with Gasteiger partial charge in [-0.3, -0.25) is 4.79 Å². The Balaban J connectivity index is 1.82. The number of hydrogen-bond acceptors (Lipinski definition) is 3. The lowest BCUT2D eigenvalue weighted by molar-refractivity contribution is -0.119. The third-order valence-electron chi connectivity index (χ3n) is 4.22. The lowest BCUT2D eigenvalue weighted by Crippen LogP contribution is -2.49. The highest BCUT2D eigenvalue weighted by Crippen LogP contribution is 2.21. The third kappa shape index (κ3) is 5.44. The Labute approximate surface area is 148 Å². The molecule has 3 amide bonds. The van der Waals surface area contributed by atoms with Crippen LogP contribution >= 0.6 is 11.8 Å². The van der Waals surface area contributed by atoms with E-state index in [1.165, 1.54) is 11.8 Å². The molecule has 1 fully saturated rings. The zero-order chi connectivity index (χ0) is 17.5. The Morgan fingerprint density at radius 2 is 1.88 bits per heavy atom. The van der Waals surface area contributed by atoms with Crippen molar-refractivity contribution in [2.45, 2.75) is 50.6 Å². The molecule has 2 N–H and O–H groups in total. The van der Waals surface area contributed by atoms with Crippen molar-refractivity contribution in [1.82, 2.24) is 15.5 Å². The molecule has 6 heteroatoms. The second-order valence-electron chi connectivity index (χ2n) is 6.14. The van der Waals surface area contributed by atoms with Crippen LogP contribution in [0.5, 0.6) is 0 Å². The van der Waals surface area contributed by atoms with E-state index in [1.807, 2.05) is 23.6 Å². The highest BCUT2D eigenvalue weighted by atomic mass is 32.2. The second-order valence-corrected chi connectivity index (χ2v) is 7.47. The summed E-state index contributed by atoms with van der Waals surface area (Å²) in [4.78, 5) is 26.6. The second kappa shape index (κ2) is 8.97. The van der Waals surface area contributed by atoms with Gasteiger partial charge >= 0.3 is 6.03 Å². The van der Waals surface area contributed by atoms with E-state index in [-0.39, 0.29) is 24.0 Å². The molecule has 1 aliphatic heterocycles. The zero-order valence-electron chi connectivity index (χ0n) is 14.7. The molecule has 1 atom stereocenters. The minimum Gasteiger partial charge on any atom is -0.353 e. The fraction of sp³-hybridized carbons (Fsp3) is 0.556. The normalized spacial score (nSPS) is 16.5. The Hall–Kier alpha value is -1.69. The molecule has 0 unspecified atom stereocenters. The van der Waals surface area contributed by atoms with Crippen LogP contribution in [-0.4, -0.2) is 41.7 Å². The van der Waals surface area contributed by atoms with Crippen molar-refractivity contribution in [2.24, 2.45) is 0 Å². The number of hydrogen-bond donors (Lipinski definition) is 2. The maximum atomic E-state index is 12.4. The summed E-state index contributed by atoms with van der Waals surface area (Å²) in [5, 5.41) is 5.99. The highest BCUT2D eigenvalue weighted by molar-refractivity contribution is 7.99. The molecular formula is C18H27N3O2S. The van der Waals surface area contributed by atoms with E-state index in [1.54, 1.807) is 0 Å². The predicted octanol–water partition coefficient (Wildman–Crippen LogP) is 3.17. The molecular weight excluding hydrogens is 322 g/mol. The lowest BCUT2D eigenvalue weighted by atomic mass is 10.1. The van der Waals surface area contributed by atoms with Gasteiger partial charge in [0.2, 0.25) is 5.91 Å². The first-order valence-corrected chi connectivity index (χ1v) is 9.53. The number of piperidine rings is 1. The van der Waals surface area contributed by atoms with Crippen LogP contribution in [0.4, 0.5) is 4.79 Å². The monoisotopic (exact) mass is 349 g/mol. The van der Waals surface area contributed by atoms with Crippen molar-refractivity contribution in [3.05, 3.63) is 29.8 Å². The highest BCUT2D eigenvalue weighted by Gasteiger charge is 2.24. The van der Waals surface area contributed by atoms with Crippen LogP contribution < -0.4 is 10.6 Å². The molecule has 1 aliphatic rings. The first kappa shape index (κ1) is 18.6. The van der Waals surface area contributed by atoms with Crippen LogP contribution in [0, 0.1) is 0 Å². The number of benzene rings is 1. The number of amides is 3. The summed E-state index contributed by atoms with van der Waals surface area (Å²) in [5.74, 6) is 1.05. The van der Waals surface area contributed by atoms with Crippen molar-refractivity contribution >= 4 is 23.7 Å². The van der Waals surface area contributed by atoms with Gasteiger partial charge in [0.15, 0.2) is 0 Å². The molecule has 1 aromatic rings. The average Bonchev–Trinajstić information content (AvgIpc) is 2.56. The van der Waals surface area contributed by atoms with Gasteiger partial charge in [-0.05, 0) is 43.2 Å². The van der Waals surface area contributed by atoms with Crippen LogP contribution in [-0.2, 0) is 4.79 Å². The SMILES string of the molecule is CCSc1ccc([C@H](C)NC(=O)N2CCC(NC(C)=O)CC2)cc1. The number of urea groups is 1. The van der Waals surface area contributed by atoms with E-state index in [2.05, 4.69) is 41.8 Å². The largest absolute Gasteiger partial charge is 0.353 e. The van der Waals surface area contributed by atoms with Crippen molar-refractivity contribution in [2.75, 3.05) is 18.8 Å². The molecule has 0 spiro atoms. The lowest BCUT2D eigenvalue weighted by Gasteiger charge is -2.33. The Morgan fingerprint density at radius 3 is 2.42 bits per heavy atom. The van der Waals surface area contributed by atoms with Gasteiger partial charge < -0.3 is 15.5 Å². The summed E-state index contributed by atoms with van der Waals surface area (Å²) in [7, 11) is 0. The molecule has 5 nitrogen and oxygen atoms in total. The number of rotatable bonds is 5. The molecule has 1 heterocycles. The summed E-state index contributed by atoms with van der Waals surface area (Å²) in [6.07, 6.45) is 1.62. The first-order valence-electron chi connectivity index (χ1n) is 8.55. The number of thioether (sulfide) groups is 1. The number of carbonyl (C=O) groups is 2. The Bertz CT molecular complexity index is 554. The molecule has 0 saturated carbocycles. The van der Waals surface area contributed by atoms with Gasteiger partial charge in [0.1, 0.15) is 0 Å².